The van der Waals surface area contributed by atoms with E-state index in [2.05, 4.69) is 10.6 Å². The van der Waals surface area contributed by atoms with E-state index in [1.165, 1.54) is 30.5 Å². The Hall–Kier alpha value is -2.83. The van der Waals surface area contributed by atoms with Crippen molar-refractivity contribution < 1.29 is 23.1 Å². The average molecular weight is 332 g/mol. The Morgan fingerprint density at radius 2 is 2.12 bits per heavy atom. The number of carbonyl (C=O) groups is 2. The van der Waals surface area contributed by atoms with Gasteiger partial charge in [0.25, 0.3) is 5.91 Å². The molecule has 1 saturated heterocycles. The zero-order valence-electron chi connectivity index (χ0n) is 13.3. The summed E-state index contributed by atoms with van der Waals surface area (Å²) >= 11 is 0. The lowest BCUT2D eigenvalue weighted by atomic mass is 10.1. The van der Waals surface area contributed by atoms with Crippen LogP contribution in [0.25, 0.3) is 0 Å². The number of furan rings is 1. The zero-order valence-corrected chi connectivity index (χ0v) is 13.3. The lowest BCUT2D eigenvalue weighted by molar-refractivity contribution is -0.141. The molecule has 6 nitrogen and oxygen atoms in total. The first kappa shape index (κ1) is 16.0. The first-order valence-corrected chi connectivity index (χ1v) is 7.56. The number of carbonyl (C=O) groups excluding carboxylic acids is 2. The third-order valence-electron chi connectivity index (χ3n) is 3.83. The minimum absolute atomic E-state index is 0.0185. The number of nitrogens with one attached hydrogen (secondary N) is 2. The Balaban J connectivity index is 1.75. The van der Waals surface area contributed by atoms with Crippen molar-refractivity contribution >= 4 is 23.3 Å². The first-order valence-electron chi connectivity index (χ1n) is 7.56. The highest BCUT2D eigenvalue weighted by atomic mass is 19.1. The maximum absolute atomic E-state index is 14.0. The second kappa shape index (κ2) is 6.35. The van der Waals surface area contributed by atoms with E-state index in [-0.39, 0.29) is 17.8 Å². The number of hydrogen-bond acceptors (Lipinski definition) is 5. The molecule has 1 aliphatic rings. The van der Waals surface area contributed by atoms with Crippen molar-refractivity contribution in [1.29, 1.82) is 0 Å². The van der Waals surface area contributed by atoms with Gasteiger partial charge in [0, 0.05) is 12.1 Å². The number of amides is 1. The maximum Gasteiger partial charge on any atom is 0.328 e. The van der Waals surface area contributed by atoms with Gasteiger partial charge in [-0.15, -0.1) is 0 Å². The van der Waals surface area contributed by atoms with Crippen LogP contribution in [0.4, 0.5) is 15.8 Å². The van der Waals surface area contributed by atoms with Crippen LogP contribution in [0.5, 0.6) is 0 Å². The number of hydrogen-bond donors (Lipinski definition) is 2. The third-order valence-corrected chi connectivity index (χ3v) is 3.83. The van der Waals surface area contributed by atoms with Gasteiger partial charge in [-0.3, -0.25) is 4.79 Å². The van der Waals surface area contributed by atoms with E-state index in [1.807, 2.05) is 6.92 Å². The summed E-state index contributed by atoms with van der Waals surface area (Å²) in [4.78, 5) is 23.8. The van der Waals surface area contributed by atoms with Gasteiger partial charge in [0.2, 0.25) is 0 Å². The monoisotopic (exact) mass is 332 g/mol. The molecule has 3 rings (SSSR count). The Morgan fingerprint density at radius 3 is 2.75 bits per heavy atom. The summed E-state index contributed by atoms with van der Waals surface area (Å²) in [7, 11) is 0. The molecule has 2 atom stereocenters. The lowest BCUT2D eigenvalue weighted by Crippen LogP contribution is -2.24. The quantitative estimate of drug-likeness (QED) is 0.841. The van der Waals surface area contributed by atoms with Gasteiger partial charge >= 0.3 is 5.97 Å². The van der Waals surface area contributed by atoms with E-state index >= 15 is 0 Å². The molecule has 0 unspecified atom stereocenters. The van der Waals surface area contributed by atoms with Gasteiger partial charge in [-0.05, 0) is 38.1 Å². The number of rotatable bonds is 4. The predicted octanol–water partition coefficient (Wildman–Crippen LogP) is 3.10. The van der Waals surface area contributed by atoms with E-state index in [0.717, 1.165) is 0 Å². The molecule has 0 spiro atoms. The molecule has 2 aromatic rings. The van der Waals surface area contributed by atoms with Gasteiger partial charge in [-0.1, -0.05) is 0 Å². The average Bonchev–Trinajstić information content (AvgIpc) is 3.08. The number of cyclic esters (lactones) is 1. The van der Waals surface area contributed by atoms with Crippen LogP contribution < -0.4 is 10.6 Å². The van der Waals surface area contributed by atoms with Crippen LogP contribution in [0.2, 0.25) is 0 Å². The second-order valence-electron chi connectivity index (χ2n) is 5.72. The Kier molecular flexibility index (Phi) is 4.24. The molecule has 1 fully saturated rings. The molecule has 7 heteroatoms. The molecular formula is C17H17FN2O4. The fourth-order valence-electron chi connectivity index (χ4n) is 2.60. The summed E-state index contributed by atoms with van der Waals surface area (Å²) in [5, 5.41) is 5.51. The van der Waals surface area contributed by atoms with Crippen LogP contribution in [0.3, 0.4) is 0 Å². The molecule has 1 amide bonds. The third kappa shape index (κ3) is 3.24. The minimum atomic E-state index is -0.572. The summed E-state index contributed by atoms with van der Waals surface area (Å²) in [5.74, 6) is -0.931. The Bertz CT molecular complexity index is 787. The molecule has 1 aliphatic heterocycles. The van der Waals surface area contributed by atoms with Gasteiger partial charge in [0.1, 0.15) is 23.7 Å². The number of halogens is 1. The summed E-state index contributed by atoms with van der Waals surface area (Å²) in [6, 6.07) is 5.21. The largest absolute Gasteiger partial charge is 0.469 e. The molecule has 0 aliphatic carbocycles. The van der Waals surface area contributed by atoms with E-state index in [1.54, 1.807) is 6.92 Å². The van der Waals surface area contributed by atoms with Crippen molar-refractivity contribution in [3.63, 3.8) is 0 Å². The SMILES string of the molecule is Cc1occc1C(=O)Nc1cc(N[C@@H]2C[C@@H](C)OC2=O)ccc1F. The van der Waals surface area contributed by atoms with Crippen LogP contribution >= 0.6 is 0 Å². The van der Waals surface area contributed by atoms with Crippen molar-refractivity contribution in [2.24, 2.45) is 0 Å². The number of aryl methyl sites for hydroxylation is 1. The van der Waals surface area contributed by atoms with E-state index in [0.29, 0.717) is 23.4 Å². The molecule has 126 valence electrons. The summed E-state index contributed by atoms with van der Waals surface area (Å²) < 4.78 is 24.1. The number of esters is 1. The van der Waals surface area contributed by atoms with Gasteiger partial charge in [0.15, 0.2) is 0 Å². The highest BCUT2D eigenvalue weighted by molar-refractivity contribution is 6.05. The van der Waals surface area contributed by atoms with Crippen LogP contribution in [0.15, 0.2) is 34.9 Å². The normalized spacial score (nSPS) is 19.9. The smallest absolute Gasteiger partial charge is 0.328 e. The fourth-order valence-corrected chi connectivity index (χ4v) is 2.60. The van der Waals surface area contributed by atoms with E-state index < -0.39 is 17.8 Å². The maximum atomic E-state index is 14.0. The molecule has 0 saturated carbocycles. The topological polar surface area (TPSA) is 80.6 Å². The van der Waals surface area contributed by atoms with E-state index in [4.69, 9.17) is 9.15 Å². The molecule has 24 heavy (non-hydrogen) atoms. The van der Waals surface area contributed by atoms with Crippen molar-refractivity contribution in [2.45, 2.75) is 32.4 Å². The summed E-state index contributed by atoms with van der Waals surface area (Å²) in [6.07, 6.45) is 1.77. The fraction of sp³-hybridized carbons (Fsp3) is 0.294. The van der Waals surface area contributed by atoms with Gasteiger partial charge in [-0.25, -0.2) is 9.18 Å². The highest BCUT2D eigenvalue weighted by Gasteiger charge is 2.31. The standard InChI is InChI=1S/C17H17FN2O4/c1-9-7-15(17(22)24-9)19-11-3-4-13(18)14(8-11)20-16(21)12-5-6-23-10(12)2/h3-6,8-9,15,19H,7H2,1-2H3,(H,20,21)/t9-,15-/m1/s1. The lowest BCUT2D eigenvalue weighted by Gasteiger charge is -2.13. The van der Waals surface area contributed by atoms with Crippen LogP contribution in [-0.4, -0.2) is 24.0 Å². The van der Waals surface area contributed by atoms with Gasteiger partial charge in [0.05, 0.1) is 17.5 Å². The highest BCUT2D eigenvalue weighted by Crippen LogP contribution is 2.24. The van der Waals surface area contributed by atoms with Crippen LogP contribution in [0.1, 0.15) is 29.5 Å². The molecule has 2 heterocycles. The van der Waals surface area contributed by atoms with E-state index in [9.17, 15) is 14.0 Å². The molecule has 2 N–H and O–H groups in total. The zero-order chi connectivity index (χ0) is 17.3. The van der Waals surface area contributed by atoms with Crippen molar-refractivity contribution in [1.82, 2.24) is 0 Å². The van der Waals surface area contributed by atoms with Crippen LogP contribution in [-0.2, 0) is 9.53 Å². The van der Waals surface area contributed by atoms with Crippen molar-refractivity contribution in [3.8, 4) is 0 Å². The number of ether oxygens (including phenoxy) is 1. The van der Waals surface area contributed by atoms with Gasteiger partial charge in [-0.2, -0.15) is 0 Å². The predicted molar refractivity (Wildman–Crippen MR) is 85.4 cm³/mol. The van der Waals surface area contributed by atoms with Crippen molar-refractivity contribution in [3.05, 3.63) is 47.7 Å². The summed E-state index contributed by atoms with van der Waals surface area (Å²) in [5.41, 5.74) is 0.873. The molecule has 1 aromatic heterocycles. The Labute approximate surface area is 138 Å². The van der Waals surface area contributed by atoms with Crippen molar-refractivity contribution in [2.75, 3.05) is 10.6 Å². The second-order valence-corrected chi connectivity index (χ2v) is 5.72. The molecular weight excluding hydrogens is 315 g/mol. The number of anilines is 2. The molecule has 0 radical (unpaired) electrons. The molecule has 1 aromatic carbocycles. The summed E-state index contributed by atoms with van der Waals surface area (Å²) in [6.45, 7) is 3.46. The minimum Gasteiger partial charge on any atom is -0.469 e. The van der Waals surface area contributed by atoms with Gasteiger partial charge < -0.3 is 19.8 Å². The molecule has 0 bridgehead atoms. The van der Waals surface area contributed by atoms with Crippen LogP contribution in [0, 0.1) is 12.7 Å². The first-order chi connectivity index (χ1) is 11.4. The number of benzene rings is 1. The Morgan fingerprint density at radius 1 is 1.33 bits per heavy atom.